The third-order valence-corrected chi connectivity index (χ3v) is 6.23. The second-order valence-electron chi connectivity index (χ2n) is 9.02. The van der Waals surface area contributed by atoms with Crippen molar-refractivity contribution in [2.24, 2.45) is 7.05 Å². The van der Waals surface area contributed by atoms with Gasteiger partial charge in [-0.3, -0.25) is 19.0 Å². The van der Waals surface area contributed by atoms with Crippen molar-refractivity contribution in [2.45, 2.75) is 45.8 Å². The Hall–Kier alpha value is -3.66. The molecule has 10 nitrogen and oxygen atoms in total. The van der Waals surface area contributed by atoms with Gasteiger partial charge in [0.1, 0.15) is 17.8 Å². The van der Waals surface area contributed by atoms with Crippen molar-refractivity contribution in [3.05, 3.63) is 52.2 Å². The van der Waals surface area contributed by atoms with Crippen LogP contribution in [0.2, 0.25) is 0 Å². The molecule has 1 fully saturated rings. The highest BCUT2D eigenvalue weighted by Gasteiger charge is 2.30. The normalized spacial score (nSPS) is 14.5. The average Bonchev–Trinajstić information content (AvgIpc) is 3.10. The number of hydrogen-bond donors (Lipinski definition) is 2. The maximum Gasteiger partial charge on any atom is 0.272 e. The highest BCUT2D eigenvalue weighted by Crippen LogP contribution is 2.31. The summed E-state index contributed by atoms with van der Waals surface area (Å²) in [6.45, 7) is 5.83. The average molecular weight is 482 g/mol. The number of likely N-dealkylation sites (tertiary alicyclic amines) is 1. The number of para-hydroxylation sites is 1. The first-order chi connectivity index (χ1) is 16.7. The molecule has 0 bridgehead atoms. The fraction of sp³-hybridized carbons (Fsp3) is 0.440. The number of carbonyl (C=O) groups excluding carboxylic acids is 2. The van der Waals surface area contributed by atoms with Gasteiger partial charge in [-0.15, -0.1) is 0 Å². The van der Waals surface area contributed by atoms with Crippen LogP contribution in [0.15, 0.2) is 35.1 Å². The molecule has 0 radical (unpaired) electrons. The van der Waals surface area contributed by atoms with E-state index >= 15 is 0 Å². The van der Waals surface area contributed by atoms with Gasteiger partial charge in [-0.05, 0) is 45.7 Å². The Labute approximate surface area is 203 Å². The largest absolute Gasteiger partial charge is 0.488 e. The molecule has 1 aromatic carbocycles. The minimum absolute atomic E-state index is 0.147. The fourth-order valence-electron chi connectivity index (χ4n) is 4.55. The highest BCUT2D eigenvalue weighted by atomic mass is 16.5. The lowest BCUT2D eigenvalue weighted by Crippen LogP contribution is -2.47. The van der Waals surface area contributed by atoms with E-state index in [0.717, 1.165) is 0 Å². The molecule has 0 atom stereocenters. The molecule has 2 aromatic heterocycles. The number of aliphatic hydroxyl groups is 1. The Morgan fingerprint density at radius 1 is 1.20 bits per heavy atom. The first-order valence-electron chi connectivity index (χ1n) is 11.8. The Kier molecular flexibility index (Phi) is 6.93. The summed E-state index contributed by atoms with van der Waals surface area (Å²) in [7, 11) is 1.70. The van der Waals surface area contributed by atoms with E-state index in [1.807, 2.05) is 44.2 Å². The maximum absolute atomic E-state index is 13.7. The molecule has 0 spiro atoms. The number of rotatable bonds is 6. The van der Waals surface area contributed by atoms with Crippen LogP contribution in [0.3, 0.4) is 0 Å². The molecule has 2 N–H and O–H groups in total. The Morgan fingerprint density at radius 3 is 2.46 bits per heavy atom. The number of piperidine rings is 1. The number of aryl methyl sites for hydroxylation is 2. The number of ether oxygens (including phenoxy) is 1. The van der Waals surface area contributed by atoms with Crippen molar-refractivity contribution in [3.8, 4) is 11.4 Å². The Morgan fingerprint density at radius 2 is 1.86 bits per heavy atom. The lowest BCUT2D eigenvalue weighted by molar-refractivity contribution is -0.135. The van der Waals surface area contributed by atoms with Gasteiger partial charge in [-0.25, -0.2) is 4.98 Å². The minimum Gasteiger partial charge on any atom is -0.488 e. The number of nitrogens with zero attached hydrogens (tertiary/aromatic N) is 4. The number of aromatic nitrogens is 3. The van der Waals surface area contributed by atoms with E-state index < -0.39 is 6.61 Å². The smallest absolute Gasteiger partial charge is 0.272 e. The van der Waals surface area contributed by atoms with Crippen LogP contribution in [0.5, 0.6) is 5.75 Å². The van der Waals surface area contributed by atoms with Crippen molar-refractivity contribution in [3.63, 3.8) is 0 Å². The summed E-state index contributed by atoms with van der Waals surface area (Å²) in [5.74, 6) is 0.0342. The minimum atomic E-state index is -0.518. The number of fused-ring (bicyclic) bond motifs is 1. The lowest BCUT2D eigenvalue weighted by atomic mass is 10.0. The third kappa shape index (κ3) is 4.66. The van der Waals surface area contributed by atoms with Crippen molar-refractivity contribution >= 4 is 22.8 Å². The molecular weight excluding hydrogens is 450 g/mol. The van der Waals surface area contributed by atoms with Gasteiger partial charge in [0.15, 0.2) is 17.1 Å². The molecule has 1 aliphatic heterocycles. The molecule has 0 saturated carbocycles. The fourth-order valence-corrected chi connectivity index (χ4v) is 4.55. The molecule has 4 rings (SSSR count). The van der Waals surface area contributed by atoms with Crippen molar-refractivity contribution in [2.75, 3.05) is 19.7 Å². The van der Waals surface area contributed by atoms with Crippen molar-refractivity contribution < 1.29 is 19.4 Å². The van der Waals surface area contributed by atoms with Crippen LogP contribution in [0, 0.1) is 6.92 Å². The van der Waals surface area contributed by atoms with Crippen molar-refractivity contribution in [1.82, 2.24) is 24.3 Å². The summed E-state index contributed by atoms with van der Waals surface area (Å²) < 4.78 is 9.18. The molecular formula is C25H31N5O5. The number of nitrogens with one attached hydrogen (secondary N) is 1. The molecule has 0 aliphatic carbocycles. The van der Waals surface area contributed by atoms with Crippen LogP contribution >= 0.6 is 0 Å². The van der Waals surface area contributed by atoms with E-state index in [1.165, 1.54) is 4.57 Å². The van der Waals surface area contributed by atoms with Gasteiger partial charge in [0, 0.05) is 26.2 Å². The summed E-state index contributed by atoms with van der Waals surface area (Å²) in [6, 6.07) is 9.08. The molecule has 10 heteroatoms. The maximum atomic E-state index is 13.7. The highest BCUT2D eigenvalue weighted by molar-refractivity contribution is 6.03. The number of hydrogen-bond acceptors (Lipinski definition) is 6. The van der Waals surface area contributed by atoms with Crippen LogP contribution in [0.4, 0.5) is 0 Å². The number of benzene rings is 1. The van der Waals surface area contributed by atoms with Crippen LogP contribution in [-0.2, 0) is 11.8 Å². The molecule has 0 unspecified atom stereocenters. The van der Waals surface area contributed by atoms with E-state index in [9.17, 15) is 14.4 Å². The molecule has 3 heterocycles. The zero-order chi connectivity index (χ0) is 25.3. The quantitative estimate of drug-likeness (QED) is 0.551. The van der Waals surface area contributed by atoms with Gasteiger partial charge in [0.2, 0.25) is 5.91 Å². The summed E-state index contributed by atoms with van der Waals surface area (Å²) in [4.78, 5) is 45.1. The zero-order valence-corrected chi connectivity index (χ0v) is 20.4. The second-order valence-corrected chi connectivity index (χ2v) is 9.02. The van der Waals surface area contributed by atoms with Gasteiger partial charge in [-0.2, -0.15) is 0 Å². The summed E-state index contributed by atoms with van der Waals surface area (Å²) >= 11 is 0. The summed E-state index contributed by atoms with van der Waals surface area (Å²) in [5, 5.41) is 12.4. The van der Waals surface area contributed by atoms with Crippen LogP contribution in [0.25, 0.3) is 16.7 Å². The van der Waals surface area contributed by atoms with Gasteiger partial charge >= 0.3 is 0 Å². The molecule has 1 saturated heterocycles. The molecule has 1 aliphatic rings. The summed E-state index contributed by atoms with van der Waals surface area (Å²) in [5.41, 5.74) is 0.986. The summed E-state index contributed by atoms with van der Waals surface area (Å²) in [6.07, 6.45) is 0.866. The molecule has 35 heavy (non-hydrogen) atoms. The van der Waals surface area contributed by atoms with Crippen molar-refractivity contribution in [1.29, 1.82) is 0 Å². The Bertz CT molecular complexity index is 1300. The topological polar surface area (TPSA) is 119 Å². The van der Waals surface area contributed by atoms with Crippen LogP contribution in [-0.4, -0.2) is 67.8 Å². The molecule has 2 amide bonds. The van der Waals surface area contributed by atoms with E-state index in [0.29, 0.717) is 43.1 Å². The first kappa shape index (κ1) is 24.5. The molecule has 3 aromatic rings. The number of carbonyl (C=O) groups is 2. The van der Waals surface area contributed by atoms with Gasteiger partial charge in [0.25, 0.3) is 11.5 Å². The van der Waals surface area contributed by atoms with E-state index in [4.69, 9.17) is 9.84 Å². The monoisotopic (exact) mass is 481 g/mol. The van der Waals surface area contributed by atoms with E-state index in [1.54, 1.807) is 23.4 Å². The van der Waals surface area contributed by atoms with Gasteiger partial charge < -0.3 is 24.6 Å². The second kappa shape index (κ2) is 9.91. The van der Waals surface area contributed by atoms with Crippen LogP contribution in [0.1, 0.15) is 43.0 Å². The lowest BCUT2D eigenvalue weighted by Gasteiger charge is -2.32. The SMILES string of the molecule is Cc1nc2c(c(OC(C)C)c(C(=O)NC3CCN(C(=O)CO)CC3)n2C)c(=O)n1-c1ccccc1. The number of aliphatic hydroxyl groups excluding tert-OH is 1. The van der Waals surface area contributed by atoms with Crippen LogP contribution < -0.4 is 15.6 Å². The molecule has 186 valence electrons. The van der Waals surface area contributed by atoms with Gasteiger partial charge in [0.05, 0.1) is 11.8 Å². The first-order valence-corrected chi connectivity index (χ1v) is 11.8. The van der Waals surface area contributed by atoms with E-state index in [2.05, 4.69) is 10.3 Å². The predicted molar refractivity (Wildman–Crippen MR) is 131 cm³/mol. The van der Waals surface area contributed by atoms with Gasteiger partial charge in [-0.1, -0.05) is 18.2 Å². The number of amides is 2. The van der Waals surface area contributed by atoms with E-state index in [-0.39, 0.29) is 46.3 Å². The standard InChI is InChI=1S/C25H31N5O5/c1-15(2)35-22-20-23(26-16(3)30(25(20)34)18-8-6-5-7-9-18)28(4)21(22)24(33)27-17-10-12-29(13-11-17)19(32)14-31/h5-9,15,17,31H,10-14H2,1-4H3,(H,27,33). The zero-order valence-electron chi connectivity index (χ0n) is 20.4. The Balaban J connectivity index is 1.74. The third-order valence-electron chi connectivity index (χ3n) is 6.23. The predicted octanol–water partition coefficient (Wildman–Crippen LogP) is 1.53.